The van der Waals surface area contributed by atoms with Crippen LogP contribution in [-0.2, 0) is 39.2 Å². The maximum atomic E-state index is 14.2. The van der Waals surface area contributed by atoms with E-state index < -0.39 is 47.2 Å². The van der Waals surface area contributed by atoms with Crippen molar-refractivity contribution in [3.05, 3.63) is 63.7 Å². The number of aliphatic hydroxyl groups excluding tert-OH is 2. The van der Waals surface area contributed by atoms with Crippen molar-refractivity contribution < 1.29 is 29.7 Å². The van der Waals surface area contributed by atoms with Gasteiger partial charge in [-0.1, -0.05) is 52.0 Å². The Hall–Kier alpha value is -3.69. The molecule has 5 atom stereocenters. The summed E-state index contributed by atoms with van der Waals surface area (Å²) in [6, 6.07) is 9.64. The molecule has 0 spiro atoms. The number of phenols is 1. The number of allylic oxidation sites excluding steroid dienone is 1. The molecule has 4 rings (SSSR count). The molecule has 0 heterocycles. The van der Waals surface area contributed by atoms with E-state index >= 15 is 0 Å². The summed E-state index contributed by atoms with van der Waals surface area (Å²) < 4.78 is 0. The number of Topliss-reactive ketones (excluding diaryl/α,β-unsaturated/α-hetero) is 2. The van der Waals surface area contributed by atoms with Crippen LogP contribution < -0.4 is 11.1 Å². The van der Waals surface area contributed by atoms with Crippen molar-refractivity contribution in [1.82, 2.24) is 4.90 Å². The molecule has 238 valence electrons. The van der Waals surface area contributed by atoms with E-state index in [4.69, 9.17) is 5.73 Å². The third-order valence-corrected chi connectivity index (χ3v) is 9.57. The molecule has 2 aromatic rings. The molecule has 6 N–H and O–H groups in total. The van der Waals surface area contributed by atoms with Crippen LogP contribution in [0.25, 0.3) is 5.76 Å². The van der Waals surface area contributed by atoms with Crippen molar-refractivity contribution in [3.8, 4) is 5.75 Å². The first-order valence-corrected chi connectivity index (χ1v) is 15.4. The number of primary amides is 1. The zero-order chi connectivity index (χ0) is 32.7. The first-order chi connectivity index (χ1) is 20.6. The summed E-state index contributed by atoms with van der Waals surface area (Å²) in [5.41, 5.74) is 10.2. The van der Waals surface area contributed by atoms with Gasteiger partial charge in [-0.15, -0.1) is 0 Å². The highest BCUT2D eigenvalue weighted by molar-refractivity contribution is 6.18. The Bertz CT molecular complexity index is 1470. The Morgan fingerprint density at radius 1 is 1.14 bits per heavy atom. The van der Waals surface area contributed by atoms with Gasteiger partial charge in [0.25, 0.3) is 0 Å². The molecule has 0 radical (unpaired) electrons. The number of nitrogens with one attached hydrogen (secondary N) is 1. The van der Waals surface area contributed by atoms with Crippen LogP contribution in [0.15, 0.2) is 35.9 Å². The lowest BCUT2D eigenvalue weighted by Gasteiger charge is -2.44. The summed E-state index contributed by atoms with van der Waals surface area (Å²) >= 11 is 0. The number of amides is 1. The lowest BCUT2D eigenvalue weighted by molar-refractivity contribution is -0.142. The second kappa shape index (κ2) is 12.7. The Kier molecular flexibility index (Phi) is 9.61. The van der Waals surface area contributed by atoms with Crippen molar-refractivity contribution in [3.63, 3.8) is 0 Å². The monoisotopic (exact) mass is 605 g/mol. The van der Waals surface area contributed by atoms with Crippen molar-refractivity contribution in [2.75, 3.05) is 26.0 Å². The maximum absolute atomic E-state index is 14.2. The molecule has 0 saturated heterocycles. The number of fused-ring (bicyclic) bond motifs is 2. The number of aromatic hydroxyl groups is 1. The van der Waals surface area contributed by atoms with Crippen molar-refractivity contribution >= 4 is 28.9 Å². The van der Waals surface area contributed by atoms with Gasteiger partial charge in [0.1, 0.15) is 11.5 Å². The number of nitrogens with zero attached hydrogens (tertiary/aromatic N) is 1. The van der Waals surface area contributed by atoms with Gasteiger partial charge in [-0.3, -0.25) is 14.4 Å². The van der Waals surface area contributed by atoms with Gasteiger partial charge >= 0.3 is 0 Å². The van der Waals surface area contributed by atoms with E-state index in [9.17, 15) is 29.7 Å². The highest BCUT2D eigenvalue weighted by Gasteiger charge is 2.51. The number of anilines is 1. The number of aryl methyl sites for hydroxylation is 1. The molecule has 1 fully saturated rings. The summed E-state index contributed by atoms with van der Waals surface area (Å²) in [6.45, 7) is 10.0. The molecule has 1 amide bonds. The fourth-order valence-corrected chi connectivity index (χ4v) is 6.86. The van der Waals surface area contributed by atoms with E-state index in [-0.39, 0.29) is 34.7 Å². The van der Waals surface area contributed by atoms with Crippen LogP contribution in [0.1, 0.15) is 68.9 Å². The number of aliphatic hydroxyl groups is 2. The number of rotatable bonds is 10. The summed E-state index contributed by atoms with van der Waals surface area (Å²) in [5.74, 6) is -6.03. The maximum Gasteiger partial charge on any atom is 0.227 e. The minimum absolute atomic E-state index is 0.0329. The molecule has 44 heavy (non-hydrogen) atoms. The fourth-order valence-electron chi connectivity index (χ4n) is 6.86. The standard InChI is InChI=1S/C35H47N3O6/c1-8-20-15-25(37-16-19-9-11-22(12-10-19)35(3,4)5)31(41)28-23(20)13-21-14-24(26(17-39)38(6)7)29(30(40)18(2)34(36)44)33(43)27(21)32(28)42/h9-12,15,18,21,24,26,29,37,39,41-42H,8,13-14,16-17H2,1-7H3,(H2,36,44)/t18?,21-,24-,26+,29?/m0/s1. The lowest BCUT2D eigenvalue weighted by atomic mass is 9.61. The third kappa shape index (κ3) is 6.13. The van der Waals surface area contributed by atoms with Crippen molar-refractivity contribution in [2.24, 2.45) is 29.4 Å². The van der Waals surface area contributed by atoms with Gasteiger partial charge < -0.3 is 31.3 Å². The summed E-state index contributed by atoms with van der Waals surface area (Å²) in [7, 11) is 3.54. The summed E-state index contributed by atoms with van der Waals surface area (Å²) in [6.07, 6.45) is 1.36. The highest BCUT2D eigenvalue weighted by atomic mass is 16.3. The Morgan fingerprint density at radius 2 is 1.77 bits per heavy atom. The van der Waals surface area contributed by atoms with E-state index in [0.717, 1.165) is 16.7 Å². The van der Waals surface area contributed by atoms with Gasteiger partial charge in [0.2, 0.25) is 5.91 Å². The topological polar surface area (TPSA) is 153 Å². The van der Waals surface area contributed by atoms with Crippen LogP contribution in [0.2, 0.25) is 0 Å². The zero-order valence-corrected chi connectivity index (χ0v) is 26.9. The number of benzene rings is 2. The Morgan fingerprint density at radius 3 is 2.30 bits per heavy atom. The van der Waals surface area contributed by atoms with E-state index in [0.29, 0.717) is 31.5 Å². The average Bonchev–Trinajstić information content (AvgIpc) is 2.95. The van der Waals surface area contributed by atoms with Crippen molar-refractivity contribution in [2.45, 2.75) is 71.9 Å². The predicted molar refractivity (Wildman–Crippen MR) is 171 cm³/mol. The number of ketones is 2. The van der Waals surface area contributed by atoms with Gasteiger partial charge in [0.15, 0.2) is 11.6 Å². The number of hydrogen-bond donors (Lipinski definition) is 5. The molecule has 0 aliphatic heterocycles. The lowest BCUT2D eigenvalue weighted by Crippen LogP contribution is -2.53. The van der Waals surface area contributed by atoms with Gasteiger partial charge in [-0.2, -0.15) is 0 Å². The predicted octanol–water partition coefficient (Wildman–Crippen LogP) is 4.12. The molecule has 9 heteroatoms. The SMILES string of the molecule is CCc1cc(NCc2ccc(C(C)(C)C)cc2)c(O)c2c1C[C@H]1C[C@@H]([C@@H](CO)N(C)C)C(C(=O)C(C)C(N)=O)C(=O)C1=C2O. The minimum Gasteiger partial charge on any atom is -0.507 e. The zero-order valence-electron chi connectivity index (χ0n) is 26.9. The van der Waals surface area contributed by atoms with Gasteiger partial charge in [-0.05, 0) is 85.9 Å². The van der Waals surface area contributed by atoms with Crippen molar-refractivity contribution in [1.29, 1.82) is 0 Å². The van der Waals surface area contributed by atoms with E-state index in [1.165, 1.54) is 12.5 Å². The molecule has 2 aromatic carbocycles. The second-order valence-corrected chi connectivity index (χ2v) is 13.6. The van der Waals surface area contributed by atoms with Crippen LogP contribution >= 0.6 is 0 Å². The molecule has 9 nitrogen and oxygen atoms in total. The van der Waals surface area contributed by atoms with E-state index in [1.54, 1.807) is 19.0 Å². The van der Waals surface area contributed by atoms with Crippen LogP contribution in [0.5, 0.6) is 5.75 Å². The Labute approximate surface area is 260 Å². The van der Waals surface area contributed by atoms with Crippen LogP contribution in [-0.4, -0.2) is 64.4 Å². The molecule has 1 saturated carbocycles. The number of phenolic OH excluding ortho intramolecular Hbond substituents is 1. The molecule has 2 aliphatic carbocycles. The fraction of sp³-hybridized carbons (Fsp3) is 0.514. The average molecular weight is 606 g/mol. The molecule has 0 aromatic heterocycles. The number of carbonyl (C=O) groups excluding carboxylic acids is 3. The summed E-state index contributed by atoms with van der Waals surface area (Å²) in [5, 5.41) is 36.7. The largest absolute Gasteiger partial charge is 0.507 e. The molecule has 0 bridgehead atoms. The third-order valence-electron chi connectivity index (χ3n) is 9.57. The highest BCUT2D eigenvalue weighted by Crippen LogP contribution is 2.50. The molecular weight excluding hydrogens is 558 g/mol. The molecule has 2 aliphatic rings. The Balaban J connectivity index is 1.76. The van der Waals surface area contributed by atoms with E-state index in [2.05, 4.69) is 38.2 Å². The quantitative estimate of drug-likeness (QED) is 0.200. The second-order valence-electron chi connectivity index (χ2n) is 13.6. The molecule has 2 unspecified atom stereocenters. The van der Waals surface area contributed by atoms with E-state index in [1.807, 2.05) is 25.1 Å². The summed E-state index contributed by atoms with van der Waals surface area (Å²) in [4.78, 5) is 41.5. The number of hydrogen-bond acceptors (Lipinski definition) is 8. The van der Waals surface area contributed by atoms with Crippen LogP contribution in [0.3, 0.4) is 0 Å². The van der Waals surface area contributed by atoms with Gasteiger partial charge in [-0.25, -0.2) is 0 Å². The van der Waals surface area contributed by atoms with Crippen LogP contribution in [0.4, 0.5) is 5.69 Å². The first-order valence-electron chi connectivity index (χ1n) is 15.4. The normalized spacial score (nSPS) is 21.5. The van der Waals surface area contributed by atoms with Gasteiger partial charge in [0, 0.05) is 18.2 Å². The van der Waals surface area contributed by atoms with Gasteiger partial charge in [0.05, 0.1) is 29.7 Å². The minimum atomic E-state index is -1.27. The molecular formula is C35H47N3O6. The smallest absolute Gasteiger partial charge is 0.227 e. The first kappa shape index (κ1) is 33.2. The number of carbonyl (C=O) groups is 3. The number of likely N-dealkylation sites (N-methyl/N-ethyl adjacent to an activating group) is 1. The number of nitrogens with two attached hydrogens (primary N) is 1. The van der Waals surface area contributed by atoms with Crippen LogP contribution in [0, 0.1) is 23.7 Å².